The van der Waals surface area contributed by atoms with Crippen molar-refractivity contribution in [3.63, 3.8) is 0 Å². The molecular weight excluding hydrogens is 316 g/mol. The molecule has 94 valence electrons. The predicted octanol–water partition coefficient (Wildman–Crippen LogP) is 4.12. The van der Waals surface area contributed by atoms with Crippen LogP contribution in [-0.4, -0.2) is 12.1 Å². The van der Waals surface area contributed by atoms with Crippen molar-refractivity contribution in [2.24, 2.45) is 0 Å². The van der Waals surface area contributed by atoms with E-state index in [-0.39, 0.29) is 0 Å². The molecule has 0 radical (unpaired) electrons. The fourth-order valence-electron chi connectivity index (χ4n) is 1.53. The zero-order valence-electron chi connectivity index (χ0n) is 9.78. The van der Waals surface area contributed by atoms with Crippen LogP contribution in [0, 0.1) is 0 Å². The Hall–Kier alpha value is -1.26. The number of benzene rings is 1. The summed E-state index contributed by atoms with van der Waals surface area (Å²) in [6.45, 7) is 0.678. The summed E-state index contributed by atoms with van der Waals surface area (Å²) < 4.78 is 6.06. The van der Waals surface area contributed by atoms with Gasteiger partial charge in [-0.1, -0.05) is 17.7 Å². The molecule has 0 aliphatic carbocycles. The number of nitrogens with zero attached hydrogens (tertiary/aromatic N) is 1. The van der Waals surface area contributed by atoms with Crippen LogP contribution >= 0.6 is 27.5 Å². The van der Waals surface area contributed by atoms with E-state index in [1.807, 2.05) is 30.3 Å². The topological polar surface area (TPSA) is 34.1 Å². The average Bonchev–Trinajstić information content (AvgIpc) is 2.40. The summed E-state index contributed by atoms with van der Waals surface area (Å²) in [4.78, 5) is 4.13. The van der Waals surface area contributed by atoms with Crippen molar-refractivity contribution in [1.82, 2.24) is 4.98 Å². The van der Waals surface area contributed by atoms with E-state index in [9.17, 15) is 0 Å². The van der Waals surface area contributed by atoms with Crippen molar-refractivity contribution in [2.45, 2.75) is 6.54 Å². The number of ether oxygens (including phenoxy) is 1. The molecule has 0 fully saturated rings. The van der Waals surface area contributed by atoms with Crippen LogP contribution in [0.2, 0.25) is 5.02 Å². The third kappa shape index (κ3) is 3.15. The van der Waals surface area contributed by atoms with Gasteiger partial charge in [-0.25, -0.2) is 4.98 Å². The van der Waals surface area contributed by atoms with E-state index in [0.29, 0.717) is 17.4 Å². The van der Waals surface area contributed by atoms with Crippen molar-refractivity contribution in [3.8, 4) is 5.88 Å². The molecule has 3 nitrogen and oxygen atoms in total. The van der Waals surface area contributed by atoms with E-state index in [1.165, 1.54) is 0 Å². The first-order valence-electron chi connectivity index (χ1n) is 5.37. The molecular formula is C13H12BrClN2O. The van der Waals surface area contributed by atoms with E-state index in [2.05, 4.69) is 26.2 Å². The second-order valence-electron chi connectivity index (χ2n) is 3.66. The zero-order valence-corrected chi connectivity index (χ0v) is 12.1. The lowest BCUT2D eigenvalue weighted by Gasteiger charge is -2.10. The Morgan fingerprint density at radius 3 is 2.94 bits per heavy atom. The molecule has 0 saturated carbocycles. The minimum absolute atomic E-state index is 0.588. The Morgan fingerprint density at radius 2 is 2.22 bits per heavy atom. The van der Waals surface area contributed by atoms with Gasteiger partial charge in [0.1, 0.15) is 0 Å². The summed E-state index contributed by atoms with van der Waals surface area (Å²) in [5.74, 6) is 0.588. The Balaban J connectivity index is 2.09. The maximum Gasteiger partial charge on any atom is 0.237 e. The second kappa shape index (κ2) is 6.07. The van der Waals surface area contributed by atoms with E-state index < -0.39 is 0 Å². The molecule has 0 bridgehead atoms. The average molecular weight is 328 g/mol. The highest BCUT2D eigenvalue weighted by Gasteiger charge is 2.03. The number of methoxy groups -OCH3 is 1. The van der Waals surface area contributed by atoms with Gasteiger partial charge < -0.3 is 10.1 Å². The Kier molecular flexibility index (Phi) is 4.44. The maximum absolute atomic E-state index is 5.95. The number of hydrogen-bond donors (Lipinski definition) is 1. The largest absolute Gasteiger partial charge is 0.480 e. The summed E-state index contributed by atoms with van der Waals surface area (Å²) in [6.07, 6.45) is 1.70. The first kappa shape index (κ1) is 13.2. The number of aromatic nitrogens is 1. The molecule has 0 spiro atoms. The van der Waals surface area contributed by atoms with Gasteiger partial charge in [-0.05, 0) is 45.8 Å². The van der Waals surface area contributed by atoms with Crippen LogP contribution in [0.4, 0.5) is 5.69 Å². The summed E-state index contributed by atoms with van der Waals surface area (Å²) in [5, 5.41) is 3.98. The first-order chi connectivity index (χ1) is 8.70. The lowest BCUT2D eigenvalue weighted by molar-refractivity contribution is 0.399. The SMILES string of the molecule is COc1ncccc1NCc1ccc(Cl)c(Br)c1. The monoisotopic (exact) mass is 326 g/mol. The van der Waals surface area contributed by atoms with Gasteiger partial charge in [0, 0.05) is 17.2 Å². The smallest absolute Gasteiger partial charge is 0.237 e. The lowest BCUT2D eigenvalue weighted by Crippen LogP contribution is -2.02. The van der Waals surface area contributed by atoms with Crippen molar-refractivity contribution in [3.05, 3.63) is 51.6 Å². The number of pyridine rings is 1. The number of rotatable bonds is 4. The van der Waals surface area contributed by atoms with Gasteiger partial charge in [0.25, 0.3) is 0 Å². The molecule has 0 atom stereocenters. The van der Waals surface area contributed by atoms with Crippen LogP contribution in [0.5, 0.6) is 5.88 Å². The van der Waals surface area contributed by atoms with Crippen LogP contribution in [0.3, 0.4) is 0 Å². The molecule has 0 unspecified atom stereocenters. The van der Waals surface area contributed by atoms with E-state index >= 15 is 0 Å². The lowest BCUT2D eigenvalue weighted by atomic mass is 10.2. The Morgan fingerprint density at radius 1 is 1.39 bits per heavy atom. The number of nitrogens with one attached hydrogen (secondary N) is 1. The van der Waals surface area contributed by atoms with Crippen molar-refractivity contribution in [2.75, 3.05) is 12.4 Å². The van der Waals surface area contributed by atoms with Crippen molar-refractivity contribution < 1.29 is 4.74 Å². The minimum Gasteiger partial charge on any atom is -0.480 e. The highest BCUT2D eigenvalue weighted by atomic mass is 79.9. The second-order valence-corrected chi connectivity index (χ2v) is 4.92. The normalized spacial score (nSPS) is 10.2. The van der Waals surface area contributed by atoms with Crippen LogP contribution in [-0.2, 0) is 6.54 Å². The highest BCUT2D eigenvalue weighted by molar-refractivity contribution is 9.10. The van der Waals surface area contributed by atoms with Crippen LogP contribution < -0.4 is 10.1 Å². The summed E-state index contributed by atoms with van der Waals surface area (Å²) >= 11 is 9.35. The van der Waals surface area contributed by atoms with Gasteiger partial charge in [0.15, 0.2) is 0 Å². The molecule has 0 saturated heterocycles. The van der Waals surface area contributed by atoms with E-state index in [4.69, 9.17) is 16.3 Å². The van der Waals surface area contributed by atoms with Gasteiger partial charge in [0.2, 0.25) is 5.88 Å². The molecule has 5 heteroatoms. The predicted molar refractivity (Wildman–Crippen MR) is 77.3 cm³/mol. The maximum atomic E-state index is 5.95. The van der Waals surface area contributed by atoms with Gasteiger partial charge >= 0.3 is 0 Å². The molecule has 0 amide bonds. The molecule has 1 N–H and O–H groups in total. The first-order valence-corrected chi connectivity index (χ1v) is 6.54. The summed E-state index contributed by atoms with van der Waals surface area (Å²) in [6, 6.07) is 9.61. The third-order valence-electron chi connectivity index (χ3n) is 2.43. The Bertz CT molecular complexity index is 548. The minimum atomic E-state index is 0.588. The van der Waals surface area contributed by atoms with Crippen molar-refractivity contribution in [1.29, 1.82) is 0 Å². The third-order valence-corrected chi connectivity index (χ3v) is 3.65. The van der Waals surface area contributed by atoms with E-state index in [1.54, 1.807) is 13.3 Å². The quantitative estimate of drug-likeness (QED) is 0.917. The highest BCUT2D eigenvalue weighted by Crippen LogP contribution is 2.25. The van der Waals surface area contributed by atoms with Gasteiger partial charge in [0.05, 0.1) is 17.8 Å². The summed E-state index contributed by atoms with van der Waals surface area (Å²) in [7, 11) is 1.60. The zero-order chi connectivity index (χ0) is 13.0. The molecule has 1 heterocycles. The summed E-state index contributed by atoms with van der Waals surface area (Å²) in [5.41, 5.74) is 1.99. The molecule has 2 aromatic rings. The number of anilines is 1. The number of hydrogen-bond acceptors (Lipinski definition) is 3. The molecule has 1 aromatic carbocycles. The van der Waals surface area contributed by atoms with Crippen LogP contribution in [0.25, 0.3) is 0 Å². The van der Waals surface area contributed by atoms with Gasteiger partial charge in [-0.3, -0.25) is 0 Å². The van der Waals surface area contributed by atoms with Gasteiger partial charge in [-0.2, -0.15) is 0 Å². The van der Waals surface area contributed by atoms with Gasteiger partial charge in [-0.15, -0.1) is 0 Å². The van der Waals surface area contributed by atoms with Crippen molar-refractivity contribution >= 4 is 33.2 Å². The number of halogens is 2. The fourth-order valence-corrected chi connectivity index (χ4v) is 2.08. The Labute approximate surface area is 119 Å². The molecule has 18 heavy (non-hydrogen) atoms. The molecule has 0 aliphatic heterocycles. The molecule has 1 aromatic heterocycles. The van der Waals surface area contributed by atoms with Crippen LogP contribution in [0.15, 0.2) is 41.0 Å². The van der Waals surface area contributed by atoms with Crippen LogP contribution in [0.1, 0.15) is 5.56 Å². The molecule has 0 aliphatic rings. The molecule has 2 rings (SSSR count). The fraction of sp³-hybridized carbons (Fsp3) is 0.154. The standard InChI is InChI=1S/C13H12BrClN2O/c1-18-13-12(3-2-6-16-13)17-8-9-4-5-11(15)10(14)7-9/h2-7,17H,8H2,1H3. The van der Waals surface area contributed by atoms with E-state index in [0.717, 1.165) is 15.7 Å².